The fourth-order valence-corrected chi connectivity index (χ4v) is 5.15. The predicted octanol–water partition coefficient (Wildman–Crippen LogP) is 4.59. The minimum Gasteiger partial charge on any atom is -0.508 e. The molecule has 1 aromatic heterocycles. The predicted molar refractivity (Wildman–Crippen MR) is 109 cm³/mol. The molecule has 5 unspecified atom stereocenters. The highest BCUT2D eigenvalue weighted by molar-refractivity contribution is 5.68. The molecule has 146 valence electrons. The van der Waals surface area contributed by atoms with Gasteiger partial charge in [-0.2, -0.15) is 0 Å². The first kappa shape index (κ1) is 19.7. The first-order valence-electron chi connectivity index (χ1n) is 9.85. The molecule has 3 N–H and O–H groups in total. The van der Waals surface area contributed by atoms with Gasteiger partial charge < -0.3 is 15.2 Å². The molecule has 0 radical (unpaired) electrons. The zero-order valence-electron chi connectivity index (χ0n) is 16.9. The van der Waals surface area contributed by atoms with Gasteiger partial charge in [-0.05, 0) is 73.6 Å². The zero-order chi connectivity index (χ0) is 19.9. The Morgan fingerprint density at radius 2 is 1.78 bits per heavy atom. The molecule has 2 aromatic rings. The van der Waals surface area contributed by atoms with Crippen molar-refractivity contribution in [2.45, 2.75) is 59.0 Å². The van der Waals surface area contributed by atoms with Crippen LogP contribution >= 0.6 is 0 Å². The van der Waals surface area contributed by atoms with E-state index in [9.17, 15) is 15.0 Å². The topological polar surface area (TPSA) is 73.3 Å². The van der Waals surface area contributed by atoms with Crippen molar-refractivity contribution in [1.29, 1.82) is 0 Å². The second-order valence-corrected chi connectivity index (χ2v) is 8.81. The molecule has 0 amide bonds. The average molecular weight is 370 g/mol. The number of phenolic OH excluding ortho intramolecular Hbond substituents is 1. The van der Waals surface area contributed by atoms with E-state index in [4.69, 9.17) is 0 Å². The lowest BCUT2D eigenvalue weighted by Gasteiger charge is -2.36. The van der Waals surface area contributed by atoms with Gasteiger partial charge in [-0.3, -0.25) is 4.79 Å². The lowest BCUT2D eigenvalue weighted by molar-refractivity contribution is -0.0164. The maximum absolute atomic E-state index is 12.9. The summed E-state index contributed by atoms with van der Waals surface area (Å²) in [7, 11) is 0. The summed E-state index contributed by atoms with van der Waals surface area (Å²) in [6.07, 6.45) is 3.50. The first-order chi connectivity index (χ1) is 12.6. The summed E-state index contributed by atoms with van der Waals surface area (Å²) in [5.41, 5.74) is 2.79. The summed E-state index contributed by atoms with van der Waals surface area (Å²) >= 11 is 0. The molecule has 1 fully saturated rings. The Hall–Kier alpha value is -2.07. The van der Waals surface area contributed by atoms with Crippen molar-refractivity contribution in [3.63, 3.8) is 0 Å². The van der Waals surface area contributed by atoms with Crippen molar-refractivity contribution in [1.82, 2.24) is 4.98 Å². The highest BCUT2D eigenvalue weighted by atomic mass is 16.3. The van der Waals surface area contributed by atoms with Crippen molar-refractivity contribution < 1.29 is 10.2 Å². The van der Waals surface area contributed by atoms with Gasteiger partial charge in [0.1, 0.15) is 5.75 Å². The minimum absolute atomic E-state index is 0.00855. The third-order valence-corrected chi connectivity index (χ3v) is 6.58. The van der Waals surface area contributed by atoms with Gasteiger partial charge in [-0.15, -0.1) is 0 Å². The van der Waals surface area contributed by atoms with Crippen LogP contribution in [0.4, 0.5) is 0 Å². The quantitative estimate of drug-likeness (QED) is 0.678. The number of H-pyrrole nitrogens is 1. The molecule has 1 saturated carbocycles. The Labute approximate surface area is 161 Å². The Kier molecular flexibility index (Phi) is 5.22. The highest BCUT2D eigenvalue weighted by Gasteiger charge is 2.43. The molecular weight excluding hydrogens is 338 g/mol. The summed E-state index contributed by atoms with van der Waals surface area (Å²) in [6, 6.07) is 7.03. The maximum atomic E-state index is 12.9. The number of hydrogen-bond donors (Lipinski definition) is 3. The number of hydrogen-bond acceptors (Lipinski definition) is 3. The number of aliphatic hydroxyl groups is 1. The van der Waals surface area contributed by atoms with Crippen molar-refractivity contribution in [3.05, 3.63) is 51.9 Å². The molecule has 1 aliphatic rings. The Morgan fingerprint density at radius 1 is 1.15 bits per heavy atom. The molecule has 1 aromatic carbocycles. The van der Waals surface area contributed by atoms with Gasteiger partial charge in [0.25, 0.3) is 5.56 Å². The van der Waals surface area contributed by atoms with Crippen molar-refractivity contribution in [2.75, 3.05) is 0 Å². The second-order valence-electron chi connectivity index (χ2n) is 8.81. The van der Waals surface area contributed by atoms with Crippen LogP contribution in [0.1, 0.15) is 57.6 Å². The van der Waals surface area contributed by atoms with Crippen LogP contribution in [0.5, 0.6) is 5.75 Å². The number of benzene rings is 1. The molecule has 27 heavy (non-hydrogen) atoms. The van der Waals surface area contributed by atoms with Crippen LogP contribution in [0.3, 0.4) is 0 Å². The Morgan fingerprint density at radius 3 is 2.41 bits per heavy atom. The van der Waals surface area contributed by atoms with Gasteiger partial charge in [0.05, 0.1) is 5.60 Å². The molecule has 5 atom stereocenters. The maximum Gasteiger partial charge on any atom is 0.251 e. The molecule has 4 heteroatoms. The van der Waals surface area contributed by atoms with E-state index < -0.39 is 5.60 Å². The lowest BCUT2D eigenvalue weighted by Crippen LogP contribution is -2.39. The standard InChI is InChI=1S/C23H31NO3/c1-13-10-14(2)20(16(4)23(5,27)11-13)21-15(3)19(12-24-22(21)26)17-6-8-18(25)9-7-17/h6-9,12-14,16,20,25,27H,10-11H2,1-5H3,(H,24,26). The van der Waals surface area contributed by atoms with Crippen LogP contribution in [0.15, 0.2) is 35.3 Å². The number of aromatic amines is 1. The van der Waals surface area contributed by atoms with Crippen LogP contribution in [0.2, 0.25) is 0 Å². The van der Waals surface area contributed by atoms with Crippen LogP contribution in [0.25, 0.3) is 11.1 Å². The molecule has 0 aliphatic heterocycles. The SMILES string of the molecule is Cc1c(-c2ccc(O)cc2)c[nH]c(=O)c1C1C(C)CC(C)CC(C)(O)C1C. The molecule has 4 nitrogen and oxygen atoms in total. The van der Waals surface area contributed by atoms with Crippen LogP contribution in [-0.2, 0) is 0 Å². The molecule has 1 aliphatic carbocycles. The lowest BCUT2D eigenvalue weighted by atomic mass is 9.71. The van der Waals surface area contributed by atoms with Gasteiger partial charge in [0.2, 0.25) is 0 Å². The normalized spacial score (nSPS) is 31.5. The van der Waals surface area contributed by atoms with Crippen molar-refractivity contribution in [2.24, 2.45) is 17.8 Å². The van der Waals surface area contributed by atoms with Gasteiger partial charge >= 0.3 is 0 Å². The molecule has 1 heterocycles. The highest BCUT2D eigenvalue weighted by Crippen LogP contribution is 2.47. The van der Waals surface area contributed by atoms with Gasteiger partial charge in [-0.25, -0.2) is 0 Å². The van der Waals surface area contributed by atoms with Gasteiger partial charge in [-0.1, -0.05) is 32.9 Å². The molecule has 0 spiro atoms. The van der Waals surface area contributed by atoms with E-state index in [0.717, 1.165) is 35.1 Å². The molecule has 0 bridgehead atoms. The smallest absolute Gasteiger partial charge is 0.251 e. The summed E-state index contributed by atoms with van der Waals surface area (Å²) in [4.78, 5) is 15.8. The van der Waals surface area contributed by atoms with E-state index in [-0.39, 0.29) is 23.1 Å². The Bertz CT molecular complexity index is 866. The van der Waals surface area contributed by atoms with Crippen molar-refractivity contribution >= 4 is 0 Å². The average Bonchev–Trinajstić information content (AvgIpc) is 2.64. The fourth-order valence-electron chi connectivity index (χ4n) is 5.15. The summed E-state index contributed by atoms with van der Waals surface area (Å²) in [5.74, 6) is 0.913. The molecule has 0 saturated heterocycles. The van der Waals surface area contributed by atoms with E-state index >= 15 is 0 Å². The number of rotatable bonds is 2. The number of nitrogens with one attached hydrogen (secondary N) is 1. The van der Waals surface area contributed by atoms with Crippen LogP contribution in [0, 0.1) is 24.7 Å². The third-order valence-electron chi connectivity index (χ3n) is 6.58. The van der Waals surface area contributed by atoms with Crippen molar-refractivity contribution in [3.8, 4) is 16.9 Å². The number of aromatic nitrogens is 1. The van der Waals surface area contributed by atoms with E-state index in [2.05, 4.69) is 25.8 Å². The summed E-state index contributed by atoms with van der Waals surface area (Å²) in [5, 5.41) is 20.7. The van der Waals surface area contributed by atoms with Gasteiger partial charge in [0, 0.05) is 17.3 Å². The van der Waals surface area contributed by atoms with E-state index in [1.165, 1.54) is 0 Å². The fraction of sp³-hybridized carbons (Fsp3) is 0.522. The second kappa shape index (κ2) is 7.16. The first-order valence-corrected chi connectivity index (χ1v) is 9.85. The number of phenols is 1. The summed E-state index contributed by atoms with van der Waals surface area (Å²) in [6.45, 7) is 10.4. The van der Waals surface area contributed by atoms with Crippen LogP contribution < -0.4 is 5.56 Å². The van der Waals surface area contributed by atoms with Crippen LogP contribution in [-0.4, -0.2) is 20.8 Å². The summed E-state index contributed by atoms with van der Waals surface area (Å²) < 4.78 is 0. The zero-order valence-corrected chi connectivity index (χ0v) is 16.9. The van der Waals surface area contributed by atoms with Gasteiger partial charge in [0.15, 0.2) is 0 Å². The van der Waals surface area contributed by atoms with E-state index in [1.54, 1.807) is 18.3 Å². The van der Waals surface area contributed by atoms with E-state index in [0.29, 0.717) is 11.8 Å². The minimum atomic E-state index is -0.803. The number of aromatic hydroxyl groups is 1. The largest absolute Gasteiger partial charge is 0.508 e. The third kappa shape index (κ3) is 3.68. The Balaban J connectivity index is 2.16. The molecular formula is C23H31NO3. The molecule has 3 rings (SSSR count). The monoisotopic (exact) mass is 369 g/mol. The van der Waals surface area contributed by atoms with E-state index in [1.807, 2.05) is 26.0 Å². The number of pyridine rings is 1.